The van der Waals surface area contributed by atoms with Crippen molar-refractivity contribution in [2.24, 2.45) is 5.92 Å². The Labute approximate surface area is 351 Å². The van der Waals surface area contributed by atoms with Gasteiger partial charge in [0.05, 0.1) is 24.9 Å². The van der Waals surface area contributed by atoms with Crippen LogP contribution >= 0.6 is 0 Å². The van der Waals surface area contributed by atoms with Gasteiger partial charge < -0.3 is 14.0 Å². The zero-order chi connectivity index (χ0) is 41.4. The number of aryl methyl sites for hydroxylation is 1. The van der Waals surface area contributed by atoms with Gasteiger partial charge in [0.2, 0.25) is 0 Å². The summed E-state index contributed by atoms with van der Waals surface area (Å²) in [7, 11) is -1.34. The van der Waals surface area contributed by atoms with E-state index < -0.39 is 14.9 Å². The molecular formula is C50H51IrN3OSi-2. The van der Waals surface area contributed by atoms with E-state index in [1.54, 1.807) is 18.2 Å². The van der Waals surface area contributed by atoms with E-state index in [2.05, 4.69) is 143 Å². The first kappa shape index (κ1) is 36.7. The molecule has 5 aromatic carbocycles. The smallest absolute Gasteiger partial charge is 0.0798 e. The van der Waals surface area contributed by atoms with Gasteiger partial charge in [0.1, 0.15) is 0 Å². The Kier molecular flexibility index (Phi) is 11.0. The minimum Gasteiger partial charge on any atom is -0.557 e. The van der Waals surface area contributed by atoms with E-state index >= 15 is 0 Å². The molecule has 0 fully saturated rings. The second-order valence-corrected chi connectivity index (χ2v) is 21.8. The molecule has 0 saturated heterocycles. The van der Waals surface area contributed by atoms with Crippen LogP contribution in [0.4, 0.5) is 0 Å². The molecule has 4 nitrogen and oxygen atoms in total. The molecule has 6 heteroatoms. The van der Waals surface area contributed by atoms with Gasteiger partial charge in [0.25, 0.3) is 0 Å². The van der Waals surface area contributed by atoms with Crippen molar-refractivity contribution >= 4 is 35.3 Å². The molecule has 0 aliphatic carbocycles. The number of furan rings is 1. The second kappa shape index (κ2) is 16.7. The maximum absolute atomic E-state index is 7.72. The summed E-state index contributed by atoms with van der Waals surface area (Å²) in [4.78, 5) is 9.61. The van der Waals surface area contributed by atoms with Gasteiger partial charge in [-0.1, -0.05) is 143 Å². The van der Waals surface area contributed by atoms with E-state index in [4.69, 9.17) is 13.5 Å². The molecule has 0 amide bonds. The maximum atomic E-state index is 7.72. The van der Waals surface area contributed by atoms with Gasteiger partial charge in [0.15, 0.2) is 0 Å². The number of nitrogens with zero attached hydrogens (tertiary/aromatic N) is 3. The minimum atomic E-state index is -2.21. The fourth-order valence-electron chi connectivity index (χ4n) is 7.04. The standard InChI is InChI=1S/C32H27N2O.C18H24NSi.Ir/c1-21-9-18-26-27(20-35-30(26)19-21)31-33-28-7-5-6-8-29(28)34(31)25-16-12-23(13-17-25)22-10-14-24(15-11-22)32(2,3)4;1-14(2)11-16-12-17(15-9-7-6-8-10-15)19-13-18(16)20(3,4)5;/h5-19H,1-4H3;6-9,12-14H,11H2,1-5H3;/q2*-1;/i1D3;;. The van der Waals surface area contributed by atoms with Crippen LogP contribution in [0.2, 0.25) is 19.6 Å². The number of pyridine rings is 1. The second-order valence-electron chi connectivity index (χ2n) is 16.8. The average Bonchev–Trinajstić information content (AvgIpc) is 3.79. The van der Waals surface area contributed by atoms with E-state index in [0.717, 1.165) is 45.3 Å². The molecule has 8 rings (SSSR count). The number of aromatic nitrogens is 3. The largest absolute Gasteiger partial charge is 0.557 e. The van der Waals surface area contributed by atoms with Crippen LogP contribution in [0.25, 0.3) is 61.5 Å². The van der Waals surface area contributed by atoms with Crippen molar-refractivity contribution in [1.29, 1.82) is 0 Å². The van der Waals surface area contributed by atoms with Crippen molar-refractivity contribution in [2.75, 3.05) is 0 Å². The van der Waals surface area contributed by atoms with Crippen LogP contribution in [0, 0.1) is 25.1 Å². The molecule has 0 unspecified atom stereocenters. The Morgan fingerprint density at radius 2 is 1.54 bits per heavy atom. The molecule has 0 N–H and O–H groups in total. The van der Waals surface area contributed by atoms with Gasteiger partial charge in [-0.25, -0.2) is 0 Å². The molecule has 0 aliphatic rings. The van der Waals surface area contributed by atoms with Crippen molar-refractivity contribution in [1.82, 2.24) is 14.5 Å². The predicted molar refractivity (Wildman–Crippen MR) is 234 cm³/mol. The Balaban J connectivity index is 0.000000236. The number of hydrogen-bond acceptors (Lipinski definition) is 3. The zero-order valence-corrected chi connectivity index (χ0v) is 36.9. The van der Waals surface area contributed by atoms with Gasteiger partial charge in [0, 0.05) is 47.9 Å². The van der Waals surface area contributed by atoms with E-state index in [0.29, 0.717) is 22.9 Å². The summed E-state index contributed by atoms with van der Waals surface area (Å²) in [5.74, 6) is 1.36. The number of hydrogen-bond donors (Lipinski definition) is 0. The van der Waals surface area contributed by atoms with Crippen molar-refractivity contribution in [3.05, 3.63) is 157 Å². The molecule has 3 heterocycles. The average molecular weight is 933 g/mol. The van der Waals surface area contributed by atoms with E-state index in [9.17, 15) is 0 Å². The van der Waals surface area contributed by atoms with Crippen molar-refractivity contribution in [3.8, 4) is 39.5 Å². The molecular weight excluding hydrogens is 879 g/mol. The number of fused-ring (bicyclic) bond motifs is 2. The Hall–Kier alpha value is -4.87. The van der Waals surface area contributed by atoms with E-state index in [1.807, 2.05) is 42.5 Å². The van der Waals surface area contributed by atoms with Crippen LogP contribution in [-0.4, -0.2) is 22.6 Å². The molecule has 287 valence electrons. The SMILES string of the molecule is CC(C)Cc1cc(-c2[c-]cccc2)ncc1[Si](C)(C)C.[2H]C([2H])([2H])c1ccc2c(-c3nc4ccccc4n3-c3ccc(-c4ccc(C(C)(C)C)cc4)cc3)[c-]oc2c1.[Ir]. The van der Waals surface area contributed by atoms with Crippen molar-refractivity contribution in [2.45, 2.75) is 72.9 Å². The van der Waals surface area contributed by atoms with Crippen LogP contribution in [-0.2, 0) is 31.9 Å². The molecule has 0 bridgehead atoms. The van der Waals surface area contributed by atoms with Crippen LogP contribution in [0.15, 0.2) is 132 Å². The summed E-state index contributed by atoms with van der Waals surface area (Å²) < 4.78 is 31.0. The third kappa shape index (κ3) is 8.89. The minimum absolute atomic E-state index is 0. The van der Waals surface area contributed by atoms with Crippen LogP contribution < -0.4 is 5.19 Å². The molecule has 0 aliphatic heterocycles. The van der Waals surface area contributed by atoms with Crippen LogP contribution in [0.5, 0.6) is 0 Å². The third-order valence-corrected chi connectivity index (χ3v) is 12.0. The summed E-state index contributed by atoms with van der Waals surface area (Å²) in [6.45, 7) is 16.2. The fraction of sp³-hybridized carbons (Fsp3) is 0.240. The van der Waals surface area contributed by atoms with Gasteiger partial charge in [-0.15, -0.1) is 42.0 Å². The van der Waals surface area contributed by atoms with Gasteiger partial charge in [-0.3, -0.25) is 4.98 Å². The van der Waals surface area contributed by atoms with Gasteiger partial charge in [-0.05, 0) is 76.4 Å². The topological polar surface area (TPSA) is 43.9 Å². The third-order valence-electron chi connectivity index (χ3n) is 9.92. The monoisotopic (exact) mass is 933 g/mol. The molecule has 3 aromatic heterocycles. The summed E-state index contributed by atoms with van der Waals surface area (Å²) in [5, 5.41) is 2.26. The van der Waals surface area contributed by atoms with Gasteiger partial charge in [-0.2, -0.15) is 0 Å². The van der Waals surface area contributed by atoms with Crippen molar-refractivity contribution in [3.63, 3.8) is 0 Å². The Bertz CT molecular complexity index is 2670. The molecule has 0 spiro atoms. The summed E-state index contributed by atoms with van der Waals surface area (Å²) in [5.41, 5.74) is 11.5. The number of rotatable bonds is 7. The molecule has 0 saturated carbocycles. The number of benzene rings is 5. The zero-order valence-electron chi connectivity index (χ0n) is 36.5. The first-order chi connectivity index (χ1) is 27.5. The molecule has 1 radical (unpaired) electrons. The van der Waals surface area contributed by atoms with Gasteiger partial charge >= 0.3 is 0 Å². The Morgan fingerprint density at radius 1 is 0.839 bits per heavy atom. The van der Waals surface area contributed by atoms with Crippen LogP contribution in [0.1, 0.15) is 55.4 Å². The molecule has 56 heavy (non-hydrogen) atoms. The normalized spacial score (nSPS) is 12.8. The predicted octanol–water partition coefficient (Wildman–Crippen LogP) is 12.8. The quantitative estimate of drug-likeness (QED) is 0.118. The maximum Gasteiger partial charge on any atom is 0.0798 e. The Morgan fingerprint density at radius 3 is 2.18 bits per heavy atom. The fourth-order valence-corrected chi connectivity index (χ4v) is 8.63. The molecule has 8 aromatic rings. The van der Waals surface area contributed by atoms with Crippen molar-refractivity contribution < 1.29 is 28.6 Å². The molecule has 0 atom stereocenters. The first-order valence-electron chi connectivity index (χ1n) is 20.6. The van der Waals surface area contributed by atoms with E-state index in [1.165, 1.54) is 21.9 Å². The summed E-state index contributed by atoms with van der Waals surface area (Å²) >= 11 is 0. The number of para-hydroxylation sites is 2. The number of imidazole rings is 1. The first-order valence-corrected chi connectivity index (χ1v) is 22.6. The van der Waals surface area contributed by atoms with Crippen LogP contribution in [0.3, 0.4) is 0 Å². The summed E-state index contributed by atoms with van der Waals surface area (Å²) in [6, 6.07) is 43.7. The van der Waals surface area contributed by atoms with E-state index in [-0.39, 0.29) is 31.1 Å². The summed E-state index contributed by atoms with van der Waals surface area (Å²) in [6.07, 6.45) is 6.23.